The fraction of sp³-hybridized carbons (Fsp3) is 0.611. The van der Waals surface area contributed by atoms with Crippen molar-refractivity contribution in [3.8, 4) is 0 Å². The van der Waals surface area contributed by atoms with Crippen molar-refractivity contribution in [2.75, 3.05) is 0 Å². The van der Waals surface area contributed by atoms with E-state index in [-0.39, 0.29) is 5.78 Å². The normalized spacial score (nSPS) is 10.8. The summed E-state index contributed by atoms with van der Waals surface area (Å²) in [7, 11) is 0. The van der Waals surface area contributed by atoms with Crippen LogP contribution in [0.15, 0.2) is 22.7 Å². The molecular formula is C18H27BrO. The van der Waals surface area contributed by atoms with E-state index in [1.165, 1.54) is 44.9 Å². The van der Waals surface area contributed by atoms with E-state index < -0.39 is 0 Å². The minimum absolute atomic E-state index is 0.270. The van der Waals surface area contributed by atoms with Gasteiger partial charge in [0.05, 0.1) is 0 Å². The molecule has 0 heterocycles. The van der Waals surface area contributed by atoms with Crippen molar-refractivity contribution in [3.05, 3.63) is 33.8 Å². The van der Waals surface area contributed by atoms with Gasteiger partial charge in [0.15, 0.2) is 5.78 Å². The van der Waals surface area contributed by atoms with Crippen LogP contribution in [0.3, 0.4) is 0 Å². The largest absolute Gasteiger partial charge is 0.294 e. The first-order valence-electron chi connectivity index (χ1n) is 7.95. The molecule has 0 saturated heterocycles. The van der Waals surface area contributed by atoms with E-state index in [4.69, 9.17) is 0 Å². The third-order valence-corrected chi connectivity index (χ3v) is 4.80. The van der Waals surface area contributed by atoms with Gasteiger partial charge in [-0.05, 0) is 34.8 Å². The summed E-state index contributed by atoms with van der Waals surface area (Å²) in [4.78, 5) is 12.2. The van der Waals surface area contributed by atoms with Crippen LogP contribution in [0.4, 0.5) is 0 Å². The topological polar surface area (TPSA) is 17.1 Å². The van der Waals surface area contributed by atoms with Crippen molar-refractivity contribution in [2.24, 2.45) is 0 Å². The second-order valence-electron chi connectivity index (χ2n) is 5.58. The molecule has 0 N–H and O–H groups in total. The molecule has 1 rings (SSSR count). The fourth-order valence-corrected chi connectivity index (χ4v) is 2.90. The Morgan fingerprint density at radius 3 is 2.25 bits per heavy atom. The van der Waals surface area contributed by atoms with Crippen LogP contribution in [0.2, 0.25) is 0 Å². The van der Waals surface area contributed by atoms with Gasteiger partial charge in [0.1, 0.15) is 0 Å². The van der Waals surface area contributed by atoms with E-state index in [0.29, 0.717) is 6.42 Å². The smallest absolute Gasteiger partial charge is 0.164 e. The summed E-state index contributed by atoms with van der Waals surface area (Å²) in [6.07, 6.45) is 10.9. The van der Waals surface area contributed by atoms with E-state index in [1.54, 1.807) is 0 Å². The summed E-state index contributed by atoms with van der Waals surface area (Å²) < 4.78 is 0.963. The Bertz CT molecular complexity index is 412. The molecule has 0 spiro atoms. The monoisotopic (exact) mass is 338 g/mol. The molecule has 0 amide bonds. The Morgan fingerprint density at radius 2 is 1.60 bits per heavy atom. The molecule has 0 fully saturated rings. The maximum atomic E-state index is 12.2. The molecule has 0 atom stereocenters. The Labute approximate surface area is 132 Å². The van der Waals surface area contributed by atoms with E-state index >= 15 is 0 Å². The molecule has 0 aromatic heterocycles. The van der Waals surface area contributed by atoms with E-state index in [1.807, 2.05) is 25.1 Å². The molecule has 0 radical (unpaired) electrons. The highest BCUT2D eigenvalue weighted by molar-refractivity contribution is 9.10. The summed E-state index contributed by atoms with van der Waals surface area (Å²) in [5.41, 5.74) is 1.97. The van der Waals surface area contributed by atoms with Crippen LogP contribution in [-0.2, 0) is 0 Å². The molecule has 0 aliphatic carbocycles. The zero-order valence-electron chi connectivity index (χ0n) is 12.9. The number of hydrogen-bond acceptors (Lipinski definition) is 1. The molecule has 0 aliphatic rings. The van der Waals surface area contributed by atoms with E-state index in [9.17, 15) is 4.79 Å². The predicted molar refractivity (Wildman–Crippen MR) is 90.4 cm³/mol. The number of unbranched alkanes of at least 4 members (excludes halogenated alkanes) is 7. The third kappa shape index (κ3) is 6.21. The predicted octanol–water partition coefficient (Wildman–Crippen LogP) is 6.47. The minimum atomic E-state index is 0.270. The number of ketones is 1. The van der Waals surface area contributed by atoms with E-state index in [0.717, 1.165) is 22.0 Å². The first kappa shape index (κ1) is 17.4. The number of carbonyl (C=O) groups excluding carboxylic acids is 1. The lowest BCUT2D eigenvalue weighted by Crippen LogP contribution is -2.01. The molecule has 2 heteroatoms. The van der Waals surface area contributed by atoms with Gasteiger partial charge in [-0.2, -0.15) is 0 Å². The van der Waals surface area contributed by atoms with Crippen LogP contribution < -0.4 is 0 Å². The van der Waals surface area contributed by atoms with Crippen LogP contribution in [0, 0.1) is 6.92 Å². The number of Topliss-reactive ketones (excluding diaryl/α,β-unsaturated/α-hetero) is 1. The highest BCUT2D eigenvalue weighted by Gasteiger charge is 2.10. The number of halogens is 1. The second-order valence-corrected chi connectivity index (χ2v) is 6.38. The van der Waals surface area contributed by atoms with Gasteiger partial charge in [-0.3, -0.25) is 4.79 Å². The summed E-state index contributed by atoms with van der Waals surface area (Å²) in [6.45, 7) is 4.27. The number of aryl methyl sites for hydroxylation is 1. The first-order chi connectivity index (χ1) is 9.66. The van der Waals surface area contributed by atoms with Crippen molar-refractivity contribution in [1.82, 2.24) is 0 Å². The lowest BCUT2D eigenvalue weighted by atomic mass is 10.0. The fourth-order valence-electron chi connectivity index (χ4n) is 2.42. The van der Waals surface area contributed by atoms with Gasteiger partial charge in [0.2, 0.25) is 0 Å². The molecule has 1 aromatic rings. The van der Waals surface area contributed by atoms with Crippen LogP contribution in [0.5, 0.6) is 0 Å². The van der Waals surface area contributed by atoms with Gasteiger partial charge < -0.3 is 0 Å². The SMILES string of the molecule is CCCCCCCCCCC(=O)c1cccc(C)c1Br. The summed E-state index contributed by atoms with van der Waals surface area (Å²) in [6, 6.07) is 5.91. The number of benzene rings is 1. The molecular weight excluding hydrogens is 312 g/mol. The minimum Gasteiger partial charge on any atom is -0.294 e. The number of hydrogen-bond donors (Lipinski definition) is 0. The Balaban J connectivity index is 2.19. The molecule has 1 nitrogen and oxygen atoms in total. The van der Waals surface area contributed by atoms with Gasteiger partial charge in [-0.1, -0.05) is 70.1 Å². The Morgan fingerprint density at radius 1 is 1.00 bits per heavy atom. The number of carbonyl (C=O) groups is 1. The van der Waals surface area contributed by atoms with Crippen LogP contribution >= 0.6 is 15.9 Å². The van der Waals surface area contributed by atoms with Crippen molar-refractivity contribution >= 4 is 21.7 Å². The van der Waals surface area contributed by atoms with Crippen LogP contribution in [0.1, 0.15) is 80.6 Å². The standard InChI is InChI=1S/C18H27BrO/c1-3-4-5-6-7-8-9-10-14-17(20)16-13-11-12-15(2)18(16)19/h11-13H,3-10,14H2,1-2H3. The van der Waals surface area contributed by atoms with Gasteiger partial charge in [-0.25, -0.2) is 0 Å². The molecule has 20 heavy (non-hydrogen) atoms. The number of rotatable bonds is 10. The molecule has 112 valence electrons. The van der Waals surface area contributed by atoms with E-state index in [2.05, 4.69) is 22.9 Å². The second kappa shape index (κ2) is 10.1. The summed E-state index contributed by atoms with van der Waals surface area (Å²) >= 11 is 3.52. The zero-order chi connectivity index (χ0) is 14.8. The quantitative estimate of drug-likeness (QED) is 0.353. The Kier molecular flexibility index (Phi) is 8.84. The van der Waals surface area contributed by atoms with Crippen molar-refractivity contribution in [2.45, 2.75) is 71.6 Å². The Hall–Kier alpha value is -0.630. The maximum Gasteiger partial charge on any atom is 0.164 e. The maximum absolute atomic E-state index is 12.2. The van der Waals surface area contributed by atoms with Gasteiger partial charge in [0, 0.05) is 16.5 Å². The van der Waals surface area contributed by atoms with Crippen molar-refractivity contribution in [1.29, 1.82) is 0 Å². The molecule has 0 aliphatic heterocycles. The van der Waals surface area contributed by atoms with Gasteiger partial charge in [-0.15, -0.1) is 0 Å². The van der Waals surface area contributed by atoms with Gasteiger partial charge >= 0.3 is 0 Å². The average molecular weight is 339 g/mol. The zero-order valence-corrected chi connectivity index (χ0v) is 14.5. The van der Waals surface area contributed by atoms with Gasteiger partial charge in [0.25, 0.3) is 0 Å². The molecule has 0 saturated carbocycles. The highest BCUT2D eigenvalue weighted by atomic mass is 79.9. The van der Waals surface area contributed by atoms with Crippen LogP contribution in [-0.4, -0.2) is 5.78 Å². The van der Waals surface area contributed by atoms with Crippen LogP contribution in [0.25, 0.3) is 0 Å². The highest BCUT2D eigenvalue weighted by Crippen LogP contribution is 2.23. The molecule has 1 aromatic carbocycles. The first-order valence-corrected chi connectivity index (χ1v) is 8.74. The van der Waals surface area contributed by atoms with Crippen molar-refractivity contribution in [3.63, 3.8) is 0 Å². The lowest BCUT2D eigenvalue weighted by molar-refractivity contribution is 0.0978. The third-order valence-electron chi connectivity index (χ3n) is 3.75. The molecule has 0 bridgehead atoms. The summed E-state index contributed by atoms with van der Waals surface area (Å²) in [5, 5.41) is 0. The average Bonchev–Trinajstić information content (AvgIpc) is 2.44. The summed E-state index contributed by atoms with van der Waals surface area (Å²) in [5.74, 6) is 0.270. The van der Waals surface area contributed by atoms with Crippen molar-refractivity contribution < 1.29 is 4.79 Å². The lowest BCUT2D eigenvalue weighted by Gasteiger charge is -2.06. The molecule has 0 unspecified atom stereocenters.